The molecule has 0 amide bonds. The summed E-state index contributed by atoms with van der Waals surface area (Å²) in [5.74, 6) is 0. The fraction of sp³-hybridized carbons (Fsp3) is 0.875. The quantitative estimate of drug-likeness (QED) is 0.445. The molecule has 2 N–H and O–H groups in total. The van der Waals surface area contributed by atoms with Crippen LogP contribution in [0.25, 0.3) is 0 Å². The molecule has 66 valence electrons. The molecule has 0 radical (unpaired) electrons. The number of hydrogen-bond acceptors (Lipinski definition) is 3. The minimum Gasteiger partial charge on any atom is -0.330 e. The van der Waals surface area contributed by atoms with Gasteiger partial charge in [-0.25, -0.2) is 0 Å². The minimum atomic E-state index is 0.0709. The number of carbonyl (C=O) groups excluding carboxylic acids is 1. The first-order chi connectivity index (χ1) is 5.22. The van der Waals surface area contributed by atoms with Gasteiger partial charge in [-0.15, -0.1) is 0 Å². The number of hydrogen-bond donors (Lipinski definition) is 1. The van der Waals surface area contributed by atoms with Gasteiger partial charge in [0.2, 0.25) is 0 Å². The van der Waals surface area contributed by atoms with Crippen LogP contribution in [0.3, 0.4) is 0 Å². The van der Waals surface area contributed by atoms with Crippen LogP contribution >= 0.6 is 0 Å². The molecule has 0 fully saturated rings. The van der Waals surface area contributed by atoms with Crippen molar-refractivity contribution in [1.82, 2.24) is 4.90 Å². The Morgan fingerprint density at radius 3 is 2.45 bits per heavy atom. The van der Waals surface area contributed by atoms with Gasteiger partial charge in [0.25, 0.3) is 0 Å². The van der Waals surface area contributed by atoms with Gasteiger partial charge in [0.1, 0.15) is 6.29 Å². The second-order valence-corrected chi connectivity index (χ2v) is 2.95. The zero-order chi connectivity index (χ0) is 8.69. The first-order valence-corrected chi connectivity index (χ1v) is 4.04. The number of unbranched alkanes of at least 4 members (excludes halogenated alkanes) is 1. The highest BCUT2D eigenvalue weighted by molar-refractivity contribution is 5.57. The van der Waals surface area contributed by atoms with E-state index in [-0.39, 0.29) is 6.04 Å². The van der Waals surface area contributed by atoms with Crippen molar-refractivity contribution in [1.29, 1.82) is 0 Å². The van der Waals surface area contributed by atoms with E-state index in [1.54, 1.807) is 0 Å². The van der Waals surface area contributed by atoms with E-state index < -0.39 is 0 Å². The lowest BCUT2D eigenvalue weighted by Crippen LogP contribution is -2.29. The van der Waals surface area contributed by atoms with Crippen molar-refractivity contribution in [3.8, 4) is 0 Å². The lowest BCUT2D eigenvalue weighted by Gasteiger charge is -2.17. The van der Waals surface area contributed by atoms with Crippen LogP contribution < -0.4 is 5.73 Å². The highest BCUT2D eigenvalue weighted by atomic mass is 16.1. The van der Waals surface area contributed by atoms with Crippen LogP contribution in [0.2, 0.25) is 0 Å². The molecule has 0 aliphatic heterocycles. The zero-order valence-electron chi connectivity index (χ0n) is 7.42. The third-order valence-corrected chi connectivity index (χ3v) is 1.77. The number of nitrogens with zero attached hydrogens (tertiary/aromatic N) is 1. The summed E-state index contributed by atoms with van der Waals surface area (Å²) >= 11 is 0. The fourth-order valence-corrected chi connectivity index (χ4v) is 0.946. The Hall–Kier alpha value is -0.410. The van der Waals surface area contributed by atoms with E-state index in [0.717, 1.165) is 32.1 Å². The van der Waals surface area contributed by atoms with E-state index in [0.29, 0.717) is 0 Å². The number of nitrogens with two attached hydrogens (primary N) is 1. The van der Waals surface area contributed by atoms with E-state index in [1.807, 2.05) is 19.0 Å². The van der Waals surface area contributed by atoms with Crippen molar-refractivity contribution in [2.24, 2.45) is 5.73 Å². The van der Waals surface area contributed by atoms with E-state index in [9.17, 15) is 4.79 Å². The maximum atomic E-state index is 10.5. The summed E-state index contributed by atoms with van der Waals surface area (Å²) in [7, 11) is 3.84. The number of carbonyl (C=O) groups is 1. The van der Waals surface area contributed by atoms with Crippen molar-refractivity contribution in [3.63, 3.8) is 0 Å². The first kappa shape index (κ1) is 10.6. The smallest absolute Gasteiger partial charge is 0.137 e. The Balaban J connectivity index is 3.44. The standard InChI is InChI=1S/C8H18N2O/c1-10(2)8(7-11)5-3-4-6-9/h7-8H,3-6,9H2,1-2H3. The Bertz CT molecular complexity index is 104. The molecule has 0 rings (SSSR count). The summed E-state index contributed by atoms with van der Waals surface area (Å²) in [6.45, 7) is 0.721. The van der Waals surface area contributed by atoms with E-state index in [1.165, 1.54) is 0 Å². The van der Waals surface area contributed by atoms with Gasteiger partial charge in [0.15, 0.2) is 0 Å². The molecule has 0 saturated carbocycles. The third-order valence-electron chi connectivity index (χ3n) is 1.77. The van der Waals surface area contributed by atoms with Crippen molar-refractivity contribution < 1.29 is 4.79 Å². The molecule has 0 aromatic heterocycles. The molecule has 0 aromatic carbocycles. The van der Waals surface area contributed by atoms with Crippen LogP contribution in [0.4, 0.5) is 0 Å². The lowest BCUT2D eigenvalue weighted by molar-refractivity contribution is -0.111. The highest BCUT2D eigenvalue weighted by Gasteiger charge is 2.07. The van der Waals surface area contributed by atoms with Crippen molar-refractivity contribution in [2.45, 2.75) is 25.3 Å². The van der Waals surface area contributed by atoms with Crippen LogP contribution in [0, 0.1) is 0 Å². The minimum absolute atomic E-state index is 0.0709. The fourth-order valence-electron chi connectivity index (χ4n) is 0.946. The van der Waals surface area contributed by atoms with Crippen molar-refractivity contribution in [3.05, 3.63) is 0 Å². The largest absolute Gasteiger partial charge is 0.330 e. The summed E-state index contributed by atoms with van der Waals surface area (Å²) in [6.07, 6.45) is 3.97. The average Bonchev–Trinajstić information content (AvgIpc) is 1.97. The van der Waals surface area contributed by atoms with Crippen molar-refractivity contribution >= 4 is 6.29 Å². The summed E-state index contributed by atoms with van der Waals surface area (Å²) in [6, 6.07) is 0.0709. The predicted octanol–water partition coefficient (Wildman–Crippen LogP) is 0.244. The molecule has 0 aromatic rings. The molecule has 0 aliphatic rings. The third kappa shape index (κ3) is 4.93. The van der Waals surface area contributed by atoms with E-state index >= 15 is 0 Å². The van der Waals surface area contributed by atoms with Crippen LogP contribution in [0.1, 0.15) is 19.3 Å². The van der Waals surface area contributed by atoms with Gasteiger partial charge >= 0.3 is 0 Å². The van der Waals surface area contributed by atoms with Crippen LogP contribution in [0.15, 0.2) is 0 Å². The second kappa shape index (κ2) is 6.31. The van der Waals surface area contributed by atoms with Crippen LogP contribution in [0.5, 0.6) is 0 Å². The zero-order valence-corrected chi connectivity index (χ0v) is 7.42. The van der Waals surface area contributed by atoms with E-state index in [4.69, 9.17) is 5.73 Å². The Morgan fingerprint density at radius 2 is 2.09 bits per heavy atom. The molecule has 11 heavy (non-hydrogen) atoms. The Kier molecular flexibility index (Phi) is 6.07. The molecule has 1 atom stereocenters. The van der Waals surface area contributed by atoms with Crippen molar-refractivity contribution in [2.75, 3.05) is 20.6 Å². The molecular formula is C8H18N2O. The average molecular weight is 158 g/mol. The molecule has 0 aliphatic carbocycles. The normalized spacial score (nSPS) is 13.5. The van der Waals surface area contributed by atoms with Gasteiger partial charge in [-0.2, -0.15) is 0 Å². The monoisotopic (exact) mass is 158 g/mol. The number of rotatable bonds is 6. The van der Waals surface area contributed by atoms with Crippen LogP contribution in [-0.2, 0) is 4.79 Å². The predicted molar refractivity (Wildman–Crippen MR) is 46.4 cm³/mol. The molecule has 1 unspecified atom stereocenters. The number of likely N-dealkylation sites (N-methyl/N-ethyl adjacent to an activating group) is 1. The van der Waals surface area contributed by atoms with Gasteiger partial charge < -0.3 is 15.4 Å². The summed E-state index contributed by atoms with van der Waals surface area (Å²) in [4.78, 5) is 12.4. The van der Waals surface area contributed by atoms with Gasteiger partial charge in [0, 0.05) is 0 Å². The van der Waals surface area contributed by atoms with Gasteiger partial charge in [0.05, 0.1) is 6.04 Å². The van der Waals surface area contributed by atoms with Gasteiger partial charge in [-0.05, 0) is 33.5 Å². The Morgan fingerprint density at radius 1 is 1.45 bits per heavy atom. The maximum absolute atomic E-state index is 10.5. The topological polar surface area (TPSA) is 46.3 Å². The number of aldehydes is 1. The SMILES string of the molecule is CN(C)C(C=O)CCCCN. The maximum Gasteiger partial charge on any atom is 0.137 e. The summed E-state index contributed by atoms with van der Waals surface area (Å²) in [5.41, 5.74) is 5.33. The summed E-state index contributed by atoms with van der Waals surface area (Å²) < 4.78 is 0. The lowest BCUT2D eigenvalue weighted by atomic mass is 10.1. The molecule has 3 nitrogen and oxygen atoms in total. The molecule has 3 heteroatoms. The Labute approximate surface area is 68.6 Å². The molecular weight excluding hydrogens is 140 g/mol. The second-order valence-electron chi connectivity index (χ2n) is 2.95. The van der Waals surface area contributed by atoms with Gasteiger partial charge in [-0.1, -0.05) is 6.42 Å². The molecule has 0 heterocycles. The highest BCUT2D eigenvalue weighted by Crippen LogP contribution is 2.02. The summed E-state index contributed by atoms with van der Waals surface area (Å²) in [5, 5.41) is 0. The van der Waals surface area contributed by atoms with E-state index in [2.05, 4.69) is 0 Å². The molecule has 0 spiro atoms. The molecule has 0 saturated heterocycles. The van der Waals surface area contributed by atoms with Gasteiger partial charge in [-0.3, -0.25) is 0 Å². The molecule has 0 bridgehead atoms. The first-order valence-electron chi connectivity index (χ1n) is 4.04. The van der Waals surface area contributed by atoms with Crippen LogP contribution in [-0.4, -0.2) is 37.9 Å².